The van der Waals surface area contributed by atoms with Crippen LogP contribution in [0.25, 0.3) is 0 Å². The van der Waals surface area contributed by atoms with E-state index < -0.39 is 16.1 Å². The Morgan fingerprint density at radius 3 is 2.59 bits per heavy atom. The highest BCUT2D eigenvalue weighted by Gasteiger charge is 2.21. The zero-order chi connectivity index (χ0) is 22.3. The summed E-state index contributed by atoms with van der Waals surface area (Å²) in [5.41, 5.74) is 13.3. The van der Waals surface area contributed by atoms with Gasteiger partial charge >= 0.3 is 0 Å². The average molecular weight is 527 g/mol. The van der Waals surface area contributed by atoms with Gasteiger partial charge < -0.3 is 15.9 Å². The molecule has 4 N–H and O–H groups in total. The van der Waals surface area contributed by atoms with E-state index in [0.29, 0.717) is 41.3 Å². The van der Waals surface area contributed by atoms with Gasteiger partial charge in [-0.1, -0.05) is 0 Å². The van der Waals surface area contributed by atoms with Crippen LogP contribution in [0, 0.1) is 20.8 Å². The largest absolute Gasteiger partial charge is 0.496 e. The number of thiazole rings is 1. The molecule has 1 unspecified atom stereocenters. The van der Waals surface area contributed by atoms with E-state index >= 15 is 0 Å². The normalized spacial score (nSPS) is 12.0. The van der Waals surface area contributed by atoms with Gasteiger partial charge in [-0.3, -0.25) is 4.79 Å². The number of carbonyl (C=O) groups excluding carboxylic acids is 1. The molecule has 0 aliphatic heterocycles. The smallest absolute Gasteiger partial charge is 0.284 e. The second kappa shape index (κ2) is 13.7. The van der Waals surface area contributed by atoms with E-state index in [9.17, 15) is 13.2 Å². The number of hydrogen-bond donors (Lipinski definition) is 3. The van der Waals surface area contributed by atoms with Crippen molar-refractivity contribution in [2.24, 2.45) is 10.1 Å². The number of carbonyl (C=O) groups is 1. The van der Waals surface area contributed by atoms with Crippen LogP contribution in [-0.2, 0) is 10.0 Å². The van der Waals surface area contributed by atoms with E-state index in [1.807, 2.05) is 0 Å². The molecule has 9 nitrogen and oxygen atoms in total. The van der Waals surface area contributed by atoms with E-state index in [-0.39, 0.29) is 35.5 Å². The zero-order valence-electron chi connectivity index (χ0n) is 18.2. The molecular formula is C19H29Cl2N5O4S2. The van der Waals surface area contributed by atoms with Gasteiger partial charge in [0, 0.05) is 18.1 Å². The minimum atomic E-state index is -3.87. The number of rotatable bonds is 11. The van der Waals surface area contributed by atoms with Crippen molar-refractivity contribution < 1.29 is 17.9 Å². The quantitative estimate of drug-likeness (QED) is 0.134. The molecule has 0 bridgehead atoms. The number of hydrogen-bond acceptors (Lipinski definition) is 8. The summed E-state index contributed by atoms with van der Waals surface area (Å²) in [7, 11) is -2.32. The second-order valence-corrected chi connectivity index (χ2v) is 9.17. The third kappa shape index (κ3) is 7.68. The molecule has 2 rings (SSSR count). The van der Waals surface area contributed by atoms with Crippen molar-refractivity contribution in [3.05, 3.63) is 39.3 Å². The van der Waals surface area contributed by atoms with Gasteiger partial charge in [0.1, 0.15) is 12.1 Å². The first-order valence-corrected chi connectivity index (χ1v) is 11.6. The van der Waals surface area contributed by atoms with Crippen LogP contribution >= 0.6 is 36.2 Å². The lowest BCUT2D eigenvalue weighted by Gasteiger charge is -2.14. The average Bonchev–Trinajstić information content (AvgIpc) is 3.23. The van der Waals surface area contributed by atoms with Crippen LogP contribution in [0.15, 0.2) is 26.9 Å². The van der Waals surface area contributed by atoms with Crippen LogP contribution in [0.1, 0.15) is 39.3 Å². The van der Waals surface area contributed by atoms with Gasteiger partial charge in [0.25, 0.3) is 10.0 Å². The van der Waals surface area contributed by atoms with Crippen LogP contribution in [0.5, 0.6) is 5.75 Å². The fourth-order valence-corrected chi connectivity index (χ4v) is 4.88. The van der Waals surface area contributed by atoms with E-state index in [4.69, 9.17) is 10.5 Å². The second-order valence-electron chi connectivity index (χ2n) is 6.71. The van der Waals surface area contributed by atoms with Crippen LogP contribution in [-0.4, -0.2) is 45.2 Å². The molecule has 0 fully saturated rings. The standard InChI is InChI=1S/C19H27N5O4S2.2ClH/c1-12-10-16(28-4)13(2)14(3)18(12)30(26,27)24-11-23-22-7-5-6-15(20)17(25)19-21-8-9-29-19;;/h8-11,15,22H,5-7,20H2,1-4H3,(H,23,24);2*1H. The van der Waals surface area contributed by atoms with E-state index in [1.165, 1.54) is 11.3 Å². The number of benzene rings is 1. The number of ketones is 1. The summed E-state index contributed by atoms with van der Waals surface area (Å²) < 4.78 is 34.2. The Morgan fingerprint density at radius 2 is 2.00 bits per heavy atom. The molecule has 1 atom stereocenters. The maximum absolute atomic E-state index is 12.6. The Kier molecular flexibility index (Phi) is 13.0. The molecule has 1 heterocycles. The molecule has 180 valence electrons. The summed E-state index contributed by atoms with van der Waals surface area (Å²) in [6.45, 7) is 5.72. The lowest BCUT2D eigenvalue weighted by molar-refractivity contribution is 0.0956. The molecule has 2 aromatic rings. The Hall–Kier alpha value is -1.76. The summed E-state index contributed by atoms with van der Waals surface area (Å²) in [4.78, 5) is 16.2. The number of Topliss-reactive ketones (excluding diaryl/α,β-unsaturated/α-hetero) is 1. The number of methoxy groups -OCH3 is 1. The van der Waals surface area contributed by atoms with E-state index in [2.05, 4.69) is 20.2 Å². The number of sulfonamides is 1. The molecule has 0 saturated carbocycles. The SMILES string of the molecule is COc1cc(C)c(S(=O)(=O)N=CNNCCCC(N)C(=O)c2nccs2)c(C)c1C.Cl.Cl. The van der Waals surface area contributed by atoms with E-state index in [0.717, 1.165) is 11.9 Å². The molecule has 0 radical (unpaired) electrons. The molecule has 1 aromatic carbocycles. The topological polar surface area (TPSA) is 136 Å². The predicted molar refractivity (Wildman–Crippen MR) is 132 cm³/mol. The van der Waals surface area contributed by atoms with Crippen LogP contribution in [0.3, 0.4) is 0 Å². The summed E-state index contributed by atoms with van der Waals surface area (Å²) in [6.07, 6.45) is 3.75. The minimum absolute atomic E-state index is 0. The number of aromatic nitrogens is 1. The molecule has 1 aromatic heterocycles. The lowest BCUT2D eigenvalue weighted by Crippen LogP contribution is -2.34. The highest BCUT2D eigenvalue weighted by molar-refractivity contribution is 7.90. The summed E-state index contributed by atoms with van der Waals surface area (Å²) >= 11 is 1.26. The molecule has 0 spiro atoms. The van der Waals surface area contributed by atoms with Crippen molar-refractivity contribution in [1.82, 2.24) is 15.8 Å². The number of nitrogens with one attached hydrogen (secondary N) is 2. The fraction of sp³-hybridized carbons (Fsp3) is 0.421. The number of aryl methyl sites for hydroxylation is 1. The van der Waals surface area contributed by atoms with Gasteiger partial charge in [0.2, 0.25) is 5.78 Å². The third-order valence-corrected chi connectivity index (χ3v) is 6.93. The van der Waals surface area contributed by atoms with Gasteiger partial charge in [-0.2, -0.15) is 8.42 Å². The fourth-order valence-electron chi connectivity index (χ4n) is 2.94. The van der Waals surface area contributed by atoms with Crippen molar-refractivity contribution in [3.63, 3.8) is 0 Å². The first-order chi connectivity index (χ1) is 14.2. The number of ether oxygens (including phenoxy) is 1. The number of hydrazine groups is 1. The van der Waals surface area contributed by atoms with Crippen LogP contribution in [0.4, 0.5) is 0 Å². The lowest BCUT2D eigenvalue weighted by atomic mass is 10.1. The highest BCUT2D eigenvalue weighted by Crippen LogP contribution is 2.31. The van der Waals surface area contributed by atoms with Gasteiger partial charge in [-0.15, -0.1) is 40.5 Å². The summed E-state index contributed by atoms with van der Waals surface area (Å²) in [5.74, 6) is 0.463. The summed E-state index contributed by atoms with van der Waals surface area (Å²) in [6, 6.07) is 1.07. The third-order valence-electron chi connectivity index (χ3n) is 4.61. The van der Waals surface area contributed by atoms with Crippen LogP contribution in [0.2, 0.25) is 0 Å². The predicted octanol–water partition coefficient (Wildman–Crippen LogP) is 2.72. The summed E-state index contributed by atoms with van der Waals surface area (Å²) in [5, 5.41) is 2.14. The van der Waals surface area contributed by atoms with Crippen LogP contribution < -0.4 is 21.3 Å². The highest BCUT2D eigenvalue weighted by atomic mass is 35.5. The molecular weight excluding hydrogens is 497 g/mol. The van der Waals surface area contributed by atoms with Crippen molar-refractivity contribution in [2.45, 2.75) is 44.6 Å². The molecule has 0 aliphatic carbocycles. The molecule has 0 amide bonds. The Balaban J connectivity index is 0.00000480. The molecule has 13 heteroatoms. The minimum Gasteiger partial charge on any atom is -0.496 e. The number of nitrogens with zero attached hydrogens (tertiary/aromatic N) is 2. The van der Waals surface area contributed by atoms with E-state index in [1.54, 1.807) is 45.5 Å². The van der Waals surface area contributed by atoms with Crippen molar-refractivity contribution in [3.8, 4) is 5.75 Å². The van der Waals surface area contributed by atoms with Crippen molar-refractivity contribution in [1.29, 1.82) is 0 Å². The van der Waals surface area contributed by atoms with Crippen molar-refractivity contribution >= 4 is 58.3 Å². The van der Waals surface area contributed by atoms with Gasteiger partial charge in [0.05, 0.1) is 18.0 Å². The van der Waals surface area contributed by atoms with Gasteiger partial charge in [-0.05, 0) is 56.4 Å². The number of nitrogens with two attached hydrogens (primary N) is 1. The maximum Gasteiger partial charge on any atom is 0.284 e. The number of halogens is 2. The Morgan fingerprint density at radius 1 is 1.31 bits per heavy atom. The Labute approximate surface area is 205 Å². The van der Waals surface area contributed by atoms with Crippen molar-refractivity contribution in [2.75, 3.05) is 13.7 Å². The molecule has 32 heavy (non-hydrogen) atoms. The maximum atomic E-state index is 12.6. The van der Waals surface area contributed by atoms with Gasteiger partial charge in [0.15, 0.2) is 5.01 Å². The zero-order valence-corrected chi connectivity index (χ0v) is 21.5. The first kappa shape index (κ1) is 30.2. The Bertz CT molecular complexity index is 1020. The molecule has 0 saturated heterocycles. The monoisotopic (exact) mass is 525 g/mol. The van der Waals surface area contributed by atoms with Gasteiger partial charge in [-0.25, -0.2) is 10.4 Å². The first-order valence-electron chi connectivity index (χ1n) is 9.30. The molecule has 0 aliphatic rings.